The Morgan fingerprint density at radius 1 is 1.00 bits per heavy atom. The van der Waals surface area contributed by atoms with Crippen molar-refractivity contribution >= 4 is 16.9 Å². The number of H-pyrrole nitrogens is 1. The number of imidazole rings is 1. The second-order valence-electron chi connectivity index (χ2n) is 7.08. The van der Waals surface area contributed by atoms with Gasteiger partial charge in [-0.05, 0) is 31.5 Å². The number of aryl methyl sites for hydroxylation is 2. The van der Waals surface area contributed by atoms with E-state index in [4.69, 9.17) is 4.74 Å². The minimum Gasteiger partial charge on any atom is -0.383 e. The molecule has 0 aliphatic heterocycles. The maximum Gasteiger partial charge on any atom is 0.329 e. The molecule has 30 heavy (non-hydrogen) atoms. The first kappa shape index (κ1) is 20.0. The van der Waals surface area contributed by atoms with Crippen molar-refractivity contribution in [1.82, 2.24) is 19.3 Å². The van der Waals surface area contributed by atoms with Crippen molar-refractivity contribution in [3.63, 3.8) is 0 Å². The Labute approximate surface area is 175 Å². The molecule has 0 radical (unpaired) electrons. The summed E-state index contributed by atoms with van der Waals surface area (Å²) in [4.78, 5) is 12.8. The molecule has 7 heteroatoms. The average Bonchev–Trinajstić information content (AvgIpc) is 3.31. The van der Waals surface area contributed by atoms with Crippen molar-refractivity contribution in [2.24, 2.45) is 0 Å². The van der Waals surface area contributed by atoms with E-state index in [1.165, 1.54) is 0 Å². The Morgan fingerprint density at radius 2 is 1.73 bits per heavy atom. The lowest BCUT2D eigenvalue weighted by molar-refractivity contribution is 0.210. The van der Waals surface area contributed by atoms with Crippen LogP contribution in [0.15, 0.2) is 53.3 Å². The predicted octanol–water partition coefficient (Wildman–Crippen LogP) is 3.96. The molecule has 7 nitrogen and oxygen atoms in total. The van der Waals surface area contributed by atoms with Crippen LogP contribution < -0.4 is 11.0 Å². The topological polar surface area (TPSA) is 76.9 Å². The summed E-state index contributed by atoms with van der Waals surface area (Å²) in [6.45, 7) is 6.50. The van der Waals surface area contributed by atoms with Crippen LogP contribution in [-0.4, -0.2) is 39.6 Å². The Morgan fingerprint density at radius 3 is 2.43 bits per heavy atom. The van der Waals surface area contributed by atoms with Crippen molar-refractivity contribution in [3.8, 4) is 22.4 Å². The molecule has 0 saturated carbocycles. The number of aromatic nitrogens is 4. The van der Waals surface area contributed by atoms with Crippen LogP contribution in [0.3, 0.4) is 0 Å². The van der Waals surface area contributed by atoms with E-state index in [0.29, 0.717) is 26.2 Å². The highest BCUT2D eigenvalue weighted by molar-refractivity contribution is 5.92. The maximum absolute atomic E-state index is 12.8. The summed E-state index contributed by atoms with van der Waals surface area (Å²) in [5.74, 6) is 0.769. The number of methoxy groups -OCH3 is 1. The first-order chi connectivity index (χ1) is 14.7. The highest BCUT2D eigenvalue weighted by Crippen LogP contribution is 2.37. The van der Waals surface area contributed by atoms with Crippen LogP contribution in [0.2, 0.25) is 0 Å². The van der Waals surface area contributed by atoms with Crippen molar-refractivity contribution < 1.29 is 4.74 Å². The number of aromatic amines is 1. The van der Waals surface area contributed by atoms with E-state index >= 15 is 0 Å². The summed E-state index contributed by atoms with van der Waals surface area (Å²) < 4.78 is 8.81. The number of nitrogens with zero attached hydrogens (tertiary/aromatic N) is 3. The lowest BCUT2D eigenvalue weighted by Gasteiger charge is -2.10. The lowest BCUT2D eigenvalue weighted by Crippen LogP contribution is -2.22. The van der Waals surface area contributed by atoms with Gasteiger partial charge in [0.1, 0.15) is 0 Å². The molecule has 4 aromatic rings. The van der Waals surface area contributed by atoms with Crippen molar-refractivity contribution in [2.75, 3.05) is 25.6 Å². The van der Waals surface area contributed by atoms with Crippen molar-refractivity contribution in [2.45, 2.75) is 26.9 Å². The van der Waals surface area contributed by atoms with Crippen molar-refractivity contribution in [3.05, 3.63) is 59.0 Å². The molecule has 2 N–H and O–H groups in total. The second-order valence-corrected chi connectivity index (χ2v) is 7.08. The van der Waals surface area contributed by atoms with E-state index in [1.54, 1.807) is 7.11 Å². The summed E-state index contributed by atoms with van der Waals surface area (Å²) in [6, 6.07) is 16.3. The van der Waals surface area contributed by atoms with Gasteiger partial charge in [0.05, 0.1) is 28.9 Å². The first-order valence-electron chi connectivity index (χ1n) is 10.3. The van der Waals surface area contributed by atoms with Crippen LogP contribution in [0.1, 0.15) is 13.8 Å². The minimum absolute atomic E-state index is 0.0288. The van der Waals surface area contributed by atoms with Gasteiger partial charge in [-0.3, -0.25) is 14.2 Å². The fraction of sp³-hybridized carbons (Fsp3) is 0.304. The standard InChI is InChI=1S/C23H27N5O2/c1-4-27-18-12-11-17(15-19(18)28(5-2)23(27)29)20-21(16-9-7-6-8-10-16)25-26-22(20)24-13-14-30-3/h6-12,15H,4-5,13-14H2,1-3H3,(H2,24,25,26). The van der Waals surface area contributed by atoms with Gasteiger partial charge in [0, 0.05) is 32.3 Å². The Bertz CT molecular complexity index is 1200. The van der Waals surface area contributed by atoms with Crippen LogP contribution in [0, 0.1) is 0 Å². The number of anilines is 1. The molecule has 0 aliphatic rings. The molecule has 2 heterocycles. The third-order valence-electron chi connectivity index (χ3n) is 5.37. The van der Waals surface area contributed by atoms with Gasteiger partial charge in [0.15, 0.2) is 5.82 Å². The first-order valence-corrected chi connectivity index (χ1v) is 10.3. The Hall–Kier alpha value is -3.32. The van der Waals surface area contributed by atoms with Gasteiger partial charge in [0.2, 0.25) is 0 Å². The Balaban J connectivity index is 1.91. The number of rotatable bonds is 8. The van der Waals surface area contributed by atoms with E-state index in [1.807, 2.05) is 47.2 Å². The normalized spacial score (nSPS) is 11.3. The van der Waals surface area contributed by atoms with E-state index in [0.717, 1.165) is 39.2 Å². The average molecular weight is 406 g/mol. The fourth-order valence-electron chi connectivity index (χ4n) is 3.92. The summed E-state index contributed by atoms with van der Waals surface area (Å²) in [5, 5.41) is 11.1. The molecule has 0 spiro atoms. The number of nitrogens with one attached hydrogen (secondary N) is 2. The number of fused-ring (bicyclic) bond motifs is 1. The molecule has 0 bridgehead atoms. The monoisotopic (exact) mass is 405 g/mol. The van der Waals surface area contributed by atoms with Gasteiger partial charge >= 0.3 is 5.69 Å². The van der Waals surface area contributed by atoms with Gasteiger partial charge in [0.25, 0.3) is 0 Å². The third kappa shape index (κ3) is 3.41. The van der Waals surface area contributed by atoms with Crippen LogP contribution in [-0.2, 0) is 17.8 Å². The molecule has 0 fully saturated rings. The lowest BCUT2D eigenvalue weighted by atomic mass is 10.00. The number of hydrogen-bond donors (Lipinski definition) is 2. The zero-order valence-corrected chi connectivity index (χ0v) is 17.6. The van der Waals surface area contributed by atoms with Gasteiger partial charge in [-0.1, -0.05) is 36.4 Å². The highest BCUT2D eigenvalue weighted by atomic mass is 16.5. The largest absolute Gasteiger partial charge is 0.383 e. The molecular weight excluding hydrogens is 378 g/mol. The fourth-order valence-corrected chi connectivity index (χ4v) is 3.92. The van der Waals surface area contributed by atoms with Crippen LogP contribution in [0.25, 0.3) is 33.4 Å². The quantitative estimate of drug-likeness (QED) is 0.435. The van der Waals surface area contributed by atoms with Gasteiger partial charge in [-0.25, -0.2) is 4.79 Å². The number of hydrogen-bond acceptors (Lipinski definition) is 4. The highest BCUT2D eigenvalue weighted by Gasteiger charge is 2.19. The third-order valence-corrected chi connectivity index (χ3v) is 5.37. The van der Waals surface area contributed by atoms with Gasteiger partial charge < -0.3 is 10.1 Å². The molecule has 2 aromatic carbocycles. The summed E-state index contributed by atoms with van der Waals surface area (Å²) in [6.07, 6.45) is 0. The van der Waals surface area contributed by atoms with Crippen LogP contribution in [0.4, 0.5) is 5.82 Å². The van der Waals surface area contributed by atoms with Gasteiger partial charge in [-0.15, -0.1) is 0 Å². The van der Waals surface area contributed by atoms with Gasteiger partial charge in [-0.2, -0.15) is 5.10 Å². The molecule has 2 aromatic heterocycles. The Kier molecular flexibility index (Phi) is 5.72. The number of benzene rings is 2. The van der Waals surface area contributed by atoms with E-state index in [9.17, 15) is 4.79 Å². The minimum atomic E-state index is 0.0288. The molecule has 0 aliphatic carbocycles. The second kappa shape index (κ2) is 8.59. The molecule has 0 saturated heterocycles. The summed E-state index contributed by atoms with van der Waals surface area (Å²) >= 11 is 0. The molecule has 0 amide bonds. The van der Waals surface area contributed by atoms with E-state index in [2.05, 4.69) is 39.8 Å². The SMILES string of the molecule is CCn1c(=O)n(CC)c2cc(-c3c(NCCOC)n[nH]c3-c3ccccc3)ccc21. The molecule has 0 atom stereocenters. The van der Waals surface area contributed by atoms with E-state index < -0.39 is 0 Å². The van der Waals surface area contributed by atoms with Crippen LogP contribution >= 0.6 is 0 Å². The van der Waals surface area contributed by atoms with E-state index in [-0.39, 0.29) is 5.69 Å². The zero-order chi connectivity index (χ0) is 21.1. The summed E-state index contributed by atoms with van der Waals surface area (Å²) in [7, 11) is 1.68. The van der Waals surface area contributed by atoms with Crippen LogP contribution in [0.5, 0.6) is 0 Å². The number of ether oxygens (including phenoxy) is 1. The smallest absolute Gasteiger partial charge is 0.329 e. The molecular formula is C23H27N5O2. The molecule has 0 unspecified atom stereocenters. The maximum atomic E-state index is 12.8. The molecule has 4 rings (SSSR count). The zero-order valence-electron chi connectivity index (χ0n) is 17.6. The summed E-state index contributed by atoms with van der Waals surface area (Å²) in [5.41, 5.74) is 5.90. The molecule has 156 valence electrons. The van der Waals surface area contributed by atoms with Crippen molar-refractivity contribution in [1.29, 1.82) is 0 Å². The predicted molar refractivity (Wildman–Crippen MR) is 121 cm³/mol.